The van der Waals surface area contributed by atoms with Crippen molar-refractivity contribution in [2.24, 2.45) is 5.41 Å². The molecule has 2 aliphatic rings. The van der Waals surface area contributed by atoms with Crippen LogP contribution in [0.2, 0.25) is 0 Å². The fraction of sp³-hybridized carbons (Fsp3) is 0.308. The monoisotopic (exact) mass is 452 g/mol. The van der Waals surface area contributed by atoms with Gasteiger partial charge in [0.2, 0.25) is 0 Å². The van der Waals surface area contributed by atoms with Gasteiger partial charge in [-0.1, -0.05) is 32.0 Å². The number of anilines is 1. The third kappa shape index (κ3) is 4.27. The predicted octanol–water partition coefficient (Wildman–Crippen LogP) is 5.22. The van der Waals surface area contributed by atoms with Crippen LogP contribution in [0.15, 0.2) is 65.0 Å². The van der Waals surface area contributed by atoms with E-state index < -0.39 is 23.5 Å². The van der Waals surface area contributed by atoms with Crippen molar-refractivity contribution in [3.05, 3.63) is 82.2 Å². The van der Waals surface area contributed by atoms with Crippen molar-refractivity contribution in [2.75, 3.05) is 12.4 Å². The molecule has 1 aliphatic heterocycles. The van der Waals surface area contributed by atoms with E-state index in [4.69, 9.17) is 4.74 Å². The molecule has 2 aromatic rings. The van der Waals surface area contributed by atoms with Crippen molar-refractivity contribution < 1.29 is 23.1 Å². The number of carbonyl (C=O) groups is 2. The van der Waals surface area contributed by atoms with Gasteiger partial charge in [-0.15, -0.1) is 0 Å². The van der Waals surface area contributed by atoms with Crippen LogP contribution in [0.5, 0.6) is 5.75 Å². The molecule has 2 N–H and O–H groups in total. The first-order chi connectivity index (χ1) is 15.6. The van der Waals surface area contributed by atoms with Gasteiger partial charge in [0.25, 0.3) is 5.91 Å². The van der Waals surface area contributed by atoms with Crippen molar-refractivity contribution in [2.45, 2.75) is 39.5 Å². The number of hydrogen-bond acceptors (Lipinski definition) is 4. The Kier molecular flexibility index (Phi) is 5.82. The Morgan fingerprint density at radius 1 is 1.15 bits per heavy atom. The lowest BCUT2D eigenvalue weighted by molar-refractivity contribution is -0.118. The van der Waals surface area contributed by atoms with Gasteiger partial charge < -0.3 is 15.4 Å². The summed E-state index contributed by atoms with van der Waals surface area (Å²) in [5.74, 6) is -2.39. The van der Waals surface area contributed by atoms with E-state index in [2.05, 4.69) is 10.6 Å². The number of methoxy groups -OCH3 is 1. The number of para-hydroxylation sites is 1. The molecular formula is C26H26F2N2O3. The lowest BCUT2D eigenvalue weighted by Gasteiger charge is -2.40. The maximum Gasteiger partial charge on any atom is 0.254 e. The summed E-state index contributed by atoms with van der Waals surface area (Å²) in [7, 11) is 1.53. The molecule has 0 fully saturated rings. The Morgan fingerprint density at radius 3 is 2.58 bits per heavy atom. The van der Waals surface area contributed by atoms with Crippen LogP contribution in [-0.4, -0.2) is 18.8 Å². The molecule has 4 rings (SSSR count). The number of nitrogens with one attached hydrogen (secondary N) is 2. The summed E-state index contributed by atoms with van der Waals surface area (Å²) < 4.78 is 33.1. The van der Waals surface area contributed by atoms with Gasteiger partial charge in [0.15, 0.2) is 5.78 Å². The van der Waals surface area contributed by atoms with Gasteiger partial charge in [0.1, 0.15) is 17.4 Å². The van der Waals surface area contributed by atoms with E-state index in [1.165, 1.54) is 13.2 Å². The second-order valence-electron chi connectivity index (χ2n) is 9.25. The molecule has 5 nitrogen and oxygen atoms in total. The first-order valence-electron chi connectivity index (χ1n) is 10.7. The first kappa shape index (κ1) is 22.7. The van der Waals surface area contributed by atoms with Crippen molar-refractivity contribution in [1.29, 1.82) is 0 Å². The first-order valence-corrected chi connectivity index (χ1v) is 10.7. The summed E-state index contributed by atoms with van der Waals surface area (Å²) >= 11 is 0. The highest BCUT2D eigenvalue weighted by atomic mass is 19.1. The minimum Gasteiger partial charge on any atom is -0.496 e. The van der Waals surface area contributed by atoms with Gasteiger partial charge in [-0.25, -0.2) is 8.78 Å². The molecule has 1 heterocycles. The molecule has 0 unspecified atom stereocenters. The van der Waals surface area contributed by atoms with E-state index in [-0.39, 0.29) is 22.5 Å². The number of rotatable bonds is 4. The summed E-state index contributed by atoms with van der Waals surface area (Å²) in [5, 5.41) is 5.81. The Labute approximate surface area is 191 Å². The Bertz CT molecular complexity index is 1210. The fourth-order valence-electron chi connectivity index (χ4n) is 4.73. The molecule has 0 bridgehead atoms. The van der Waals surface area contributed by atoms with E-state index in [1.54, 1.807) is 13.0 Å². The summed E-state index contributed by atoms with van der Waals surface area (Å²) in [6.07, 6.45) is 0.998. The van der Waals surface area contributed by atoms with Crippen LogP contribution in [0.25, 0.3) is 0 Å². The van der Waals surface area contributed by atoms with Gasteiger partial charge in [0.05, 0.1) is 18.7 Å². The molecule has 172 valence electrons. The summed E-state index contributed by atoms with van der Waals surface area (Å²) in [6.45, 7) is 5.83. The van der Waals surface area contributed by atoms with Crippen LogP contribution in [0.4, 0.5) is 14.5 Å². The molecule has 33 heavy (non-hydrogen) atoms. The zero-order chi connectivity index (χ0) is 23.9. The third-order valence-electron chi connectivity index (χ3n) is 6.11. The standard InChI is InChI=1S/C26H26F2N2O3/c1-14-22(25(32)30-18-10-9-15(27)11-17(18)28)23(16-7-5-6-8-21(16)33-4)24-19(29-14)12-26(2,3)13-20(24)31/h5-11,23,29H,12-13H2,1-4H3,(H,30,32)/t23-/m1/s1. The molecule has 1 atom stereocenters. The van der Waals surface area contributed by atoms with Crippen molar-refractivity contribution >= 4 is 17.4 Å². The number of halogens is 2. The molecule has 0 aromatic heterocycles. The number of hydrogen-bond donors (Lipinski definition) is 2. The highest BCUT2D eigenvalue weighted by Gasteiger charge is 2.43. The quantitative estimate of drug-likeness (QED) is 0.668. The topological polar surface area (TPSA) is 67.4 Å². The third-order valence-corrected chi connectivity index (χ3v) is 6.11. The number of Topliss-reactive ketones (excluding diaryl/α,β-unsaturated/α-hetero) is 1. The molecular weight excluding hydrogens is 426 g/mol. The van der Waals surface area contributed by atoms with Crippen LogP contribution in [-0.2, 0) is 9.59 Å². The average Bonchev–Trinajstić information content (AvgIpc) is 2.73. The van der Waals surface area contributed by atoms with Crippen LogP contribution in [0.1, 0.15) is 45.1 Å². The van der Waals surface area contributed by atoms with Gasteiger partial charge >= 0.3 is 0 Å². The minimum absolute atomic E-state index is 0.0459. The minimum atomic E-state index is -0.880. The molecule has 0 spiro atoms. The number of ketones is 1. The molecule has 0 saturated heterocycles. The highest BCUT2D eigenvalue weighted by Crippen LogP contribution is 2.48. The molecule has 1 amide bonds. The Balaban J connectivity index is 1.84. The van der Waals surface area contributed by atoms with Crippen molar-refractivity contribution in [3.63, 3.8) is 0 Å². The molecule has 2 aromatic carbocycles. The Hall–Kier alpha value is -3.48. The number of dihydropyridines is 1. The SMILES string of the molecule is COc1ccccc1[C@@H]1C(C(=O)Nc2ccc(F)cc2F)=C(C)NC2=C1C(=O)CC(C)(C)C2. The van der Waals surface area contributed by atoms with Crippen LogP contribution in [0.3, 0.4) is 0 Å². The second-order valence-corrected chi connectivity index (χ2v) is 9.25. The van der Waals surface area contributed by atoms with Crippen molar-refractivity contribution in [1.82, 2.24) is 5.32 Å². The summed E-state index contributed by atoms with van der Waals surface area (Å²) in [6, 6.07) is 10.2. The van der Waals surface area contributed by atoms with E-state index in [1.807, 2.05) is 32.0 Å². The normalized spacial score (nSPS) is 19.7. The van der Waals surface area contributed by atoms with Crippen LogP contribution >= 0.6 is 0 Å². The van der Waals surface area contributed by atoms with E-state index in [0.717, 1.165) is 11.8 Å². The predicted molar refractivity (Wildman–Crippen MR) is 122 cm³/mol. The zero-order valence-electron chi connectivity index (χ0n) is 19.0. The fourth-order valence-corrected chi connectivity index (χ4v) is 4.73. The zero-order valence-corrected chi connectivity index (χ0v) is 19.0. The number of benzene rings is 2. The highest BCUT2D eigenvalue weighted by molar-refractivity contribution is 6.10. The Morgan fingerprint density at radius 2 is 1.88 bits per heavy atom. The van der Waals surface area contributed by atoms with E-state index in [0.29, 0.717) is 41.5 Å². The van der Waals surface area contributed by atoms with E-state index >= 15 is 0 Å². The maximum absolute atomic E-state index is 14.3. The van der Waals surface area contributed by atoms with Gasteiger partial charge in [-0.2, -0.15) is 0 Å². The van der Waals surface area contributed by atoms with Gasteiger partial charge in [-0.3, -0.25) is 9.59 Å². The van der Waals surface area contributed by atoms with E-state index in [9.17, 15) is 18.4 Å². The van der Waals surface area contributed by atoms with Gasteiger partial charge in [0, 0.05) is 40.6 Å². The lowest BCUT2D eigenvalue weighted by Crippen LogP contribution is -2.39. The number of ether oxygens (including phenoxy) is 1. The number of amides is 1. The largest absolute Gasteiger partial charge is 0.496 e. The molecule has 1 aliphatic carbocycles. The van der Waals surface area contributed by atoms with Crippen LogP contribution < -0.4 is 15.4 Å². The lowest BCUT2D eigenvalue weighted by atomic mass is 9.68. The smallest absolute Gasteiger partial charge is 0.254 e. The number of allylic oxidation sites excluding steroid dienone is 3. The summed E-state index contributed by atoms with van der Waals surface area (Å²) in [4.78, 5) is 26.8. The average molecular weight is 453 g/mol. The van der Waals surface area contributed by atoms with Gasteiger partial charge in [-0.05, 0) is 37.0 Å². The molecule has 0 saturated carbocycles. The summed E-state index contributed by atoms with van der Waals surface area (Å²) in [5.41, 5.74) is 2.47. The molecule has 7 heteroatoms. The van der Waals surface area contributed by atoms with Crippen LogP contribution in [0, 0.1) is 17.0 Å². The van der Waals surface area contributed by atoms with Crippen molar-refractivity contribution in [3.8, 4) is 5.75 Å². The second kappa shape index (κ2) is 8.46. The maximum atomic E-state index is 14.3. The molecule has 0 radical (unpaired) electrons. The number of carbonyl (C=O) groups excluding carboxylic acids is 2.